The van der Waals surface area contributed by atoms with E-state index in [0.717, 1.165) is 0 Å². The van der Waals surface area contributed by atoms with Gasteiger partial charge in [0.1, 0.15) is 17.1 Å². The molecule has 0 fully saturated rings. The van der Waals surface area contributed by atoms with Crippen molar-refractivity contribution < 1.29 is 23.5 Å². The number of furan rings is 1. The molecule has 1 aromatic heterocycles. The zero-order valence-corrected chi connectivity index (χ0v) is 13.1. The molecule has 0 aliphatic heterocycles. The fraction of sp³-hybridized carbons (Fsp3) is 0.235. The van der Waals surface area contributed by atoms with Crippen LogP contribution in [0.2, 0.25) is 0 Å². The van der Waals surface area contributed by atoms with Gasteiger partial charge in [-0.15, -0.1) is 0 Å². The van der Waals surface area contributed by atoms with E-state index in [1.54, 1.807) is 51.1 Å². The van der Waals surface area contributed by atoms with Crippen molar-refractivity contribution in [2.45, 2.75) is 20.8 Å². The summed E-state index contributed by atoms with van der Waals surface area (Å²) in [5, 5.41) is 2.16. The monoisotopic (exact) mass is 315 g/mol. The van der Waals surface area contributed by atoms with E-state index in [1.807, 2.05) is 0 Å². The standard InChI is InChI=1S/C17H17NO5/c1-10-11(2)23-12(3)15(10)17(21)22-9-14(19)18-16(20)13-7-5-4-6-8-13/h4-8H,9H2,1-3H3,(H,18,19,20). The van der Waals surface area contributed by atoms with Crippen molar-refractivity contribution in [2.75, 3.05) is 6.61 Å². The van der Waals surface area contributed by atoms with Gasteiger partial charge in [0.25, 0.3) is 11.8 Å². The minimum absolute atomic E-state index is 0.310. The highest BCUT2D eigenvalue weighted by Gasteiger charge is 2.21. The predicted molar refractivity (Wildman–Crippen MR) is 82.1 cm³/mol. The van der Waals surface area contributed by atoms with Gasteiger partial charge in [-0.25, -0.2) is 4.79 Å². The summed E-state index contributed by atoms with van der Waals surface area (Å²) >= 11 is 0. The first-order valence-corrected chi connectivity index (χ1v) is 7.03. The molecule has 2 rings (SSSR count). The van der Waals surface area contributed by atoms with Crippen LogP contribution in [0.3, 0.4) is 0 Å². The summed E-state index contributed by atoms with van der Waals surface area (Å²) in [6, 6.07) is 8.29. The van der Waals surface area contributed by atoms with Crippen LogP contribution in [0.25, 0.3) is 0 Å². The first-order valence-electron chi connectivity index (χ1n) is 7.03. The van der Waals surface area contributed by atoms with Crippen LogP contribution in [-0.4, -0.2) is 24.4 Å². The van der Waals surface area contributed by atoms with Crippen LogP contribution >= 0.6 is 0 Å². The fourth-order valence-electron chi connectivity index (χ4n) is 2.12. The Labute approximate surface area is 133 Å². The summed E-state index contributed by atoms with van der Waals surface area (Å²) in [7, 11) is 0. The topological polar surface area (TPSA) is 85.6 Å². The number of aryl methyl sites for hydroxylation is 2. The third-order valence-electron chi connectivity index (χ3n) is 3.39. The molecule has 0 bridgehead atoms. The average molecular weight is 315 g/mol. The first-order chi connectivity index (χ1) is 10.9. The van der Waals surface area contributed by atoms with Crippen molar-refractivity contribution in [1.29, 1.82) is 0 Å². The van der Waals surface area contributed by atoms with Gasteiger partial charge >= 0.3 is 5.97 Å². The van der Waals surface area contributed by atoms with E-state index < -0.39 is 24.4 Å². The van der Waals surface area contributed by atoms with Crippen LogP contribution in [0, 0.1) is 20.8 Å². The van der Waals surface area contributed by atoms with Gasteiger partial charge < -0.3 is 9.15 Å². The SMILES string of the molecule is Cc1oc(C)c(C(=O)OCC(=O)NC(=O)c2ccccc2)c1C. The van der Waals surface area contributed by atoms with Gasteiger partial charge in [-0.3, -0.25) is 14.9 Å². The summed E-state index contributed by atoms with van der Waals surface area (Å²) in [5.74, 6) is -0.830. The van der Waals surface area contributed by atoms with Gasteiger partial charge in [-0.1, -0.05) is 18.2 Å². The van der Waals surface area contributed by atoms with Crippen molar-refractivity contribution in [1.82, 2.24) is 5.32 Å². The number of carbonyl (C=O) groups excluding carboxylic acids is 3. The molecule has 1 N–H and O–H groups in total. The molecule has 0 saturated carbocycles. The van der Waals surface area contributed by atoms with E-state index in [2.05, 4.69) is 5.32 Å². The average Bonchev–Trinajstić information content (AvgIpc) is 2.78. The normalized spacial score (nSPS) is 10.2. The predicted octanol–water partition coefficient (Wildman–Crippen LogP) is 2.32. The Morgan fingerprint density at radius 2 is 1.70 bits per heavy atom. The third-order valence-corrected chi connectivity index (χ3v) is 3.39. The second-order valence-corrected chi connectivity index (χ2v) is 5.03. The number of rotatable bonds is 4. The maximum absolute atomic E-state index is 12.0. The second kappa shape index (κ2) is 6.91. The molecule has 1 aromatic carbocycles. The number of benzene rings is 1. The van der Waals surface area contributed by atoms with Crippen LogP contribution in [0.5, 0.6) is 0 Å². The Balaban J connectivity index is 1.92. The Bertz CT molecular complexity index is 746. The highest BCUT2D eigenvalue weighted by atomic mass is 16.5. The van der Waals surface area contributed by atoms with Crippen molar-refractivity contribution in [3.63, 3.8) is 0 Å². The zero-order valence-electron chi connectivity index (χ0n) is 13.1. The summed E-state index contributed by atoms with van der Waals surface area (Å²) in [6.07, 6.45) is 0. The number of hydrogen-bond donors (Lipinski definition) is 1. The number of ether oxygens (including phenoxy) is 1. The fourth-order valence-corrected chi connectivity index (χ4v) is 2.12. The lowest BCUT2D eigenvalue weighted by atomic mass is 10.1. The molecule has 0 atom stereocenters. The number of hydrogen-bond acceptors (Lipinski definition) is 5. The molecule has 0 spiro atoms. The molecule has 0 aliphatic rings. The number of esters is 1. The van der Waals surface area contributed by atoms with Crippen LogP contribution in [0.4, 0.5) is 0 Å². The minimum Gasteiger partial charge on any atom is -0.465 e. The largest absolute Gasteiger partial charge is 0.465 e. The molecule has 6 nitrogen and oxygen atoms in total. The number of nitrogens with one attached hydrogen (secondary N) is 1. The quantitative estimate of drug-likeness (QED) is 0.875. The van der Waals surface area contributed by atoms with Crippen LogP contribution in [0.15, 0.2) is 34.7 Å². The van der Waals surface area contributed by atoms with Crippen molar-refractivity contribution >= 4 is 17.8 Å². The maximum Gasteiger partial charge on any atom is 0.342 e. The third kappa shape index (κ3) is 3.85. The van der Waals surface area contributed by atoms with Gasteiger partial charge in [0, 0.05) is 11.1 Å². The van der Waals surface area contributed by atoms with E-state index in [0.29, 0.717) is 28.2 Å². The molecule has 0 radical (unpaired) electrons. The zero-order chi connectivity index (χ0) is 17.0. The van der Waals surface area contributed by atoms with Gasteiger partial charge in [0.2, 0.25) is 0 Å². The first kappa shape index (κ1) is 16.5. The molecular formula is C17H17NO5. The van der Waals surface area contributed by atoms with Crippen molar-refractivity contribution in [3.05, 3.63) is 58.5 Å². The Hall–Kier alpha value is -2.89. The Morgan fingerprint density at radius 3 is 2.26 bits per heavy atom. The van der Waals surface area contributed by atoms with Gasteiger partial charge in [0.15, 0.2) is 6.61 Å². The highest BCUT2D eigenvalue weighted by Crippen LogP contribution is 2.21. The van der Waals surface area contributed by atoms with E-state index in [-0.39, 0.29) is 0 Å². The molecule has 2 amide bonds. The summed E-state index contributed by atoms with van der Waals surface area (Å²) in [6.45, 7) is 4.59. The van der Waals surface area contributed by atoms with E-state index >= 15 is 0 Å². The molecule has 0 aliphatic carbocycles. The summed E-state index contributed by atoms with van der Waals surface area (Å²) in [4.78, 5) is 35.5. The van der Waals surface area contributed by atoms with E-state index in [4.69, 9.17) is 9.15 Å². The molecule has 2 aromatic rings. The van der Waals surface area contributed by atoms with Crippen LogP contribution in [0.1, 0.15) is 37.8 Å². The molecule has 1 heterocycles. The Morgan fingerprint density at radius 1 is 1.04 bits per heavy atom. The van der Waals surface area contributed by atoms with Crippen LogP contribution in [-0.2, 0) is 9.53 Å². The van der Waals surface area contributed by atoms with Gasteiger partial charge in [-0.05, 0) is 32.9 Å². The molecule has 6 heteroatoms. The van der Waals surface area contributed by atoms with E-state index in [9.17, 15) is 14.4 Å². The number of amides is 2. The highest BCUT2D eigenvalue weighted by molar-refractivity contribution is 6.05. The smallest absolute Gasteiger partial charge is 0.342 e. The van der Waals surface area contributed by atoms with Gasteiger partial charge in [-0.2, -0.15) is 0 Å². The maximum atomic E-state index is 12.0. The van der Waals surface area contributed by atoms with E-state index in [1.165, 1.54) is 0 Å². The molecular weight excluding hydrogens is 298 g/mol. The lowest BCUT2D eigenvalue weighted by Crippen LogP contribution is -2.34. The molecule has 0 unspecified atom stereocenters. The number of imide groups is 1. The van der Waals surface area contributed by atoms with Crippen LogP contribution < -0.4 is 5.32 Å². The van der Waals surface area contributed by atoms with Crippen molar-refractivity contribution in [2.24, 2.45) is 0 Å². The molecule has 120 valence electrons. The lowest BCUT2D eigenvalue weighted by Gasteiger charge is -2.06. The summed E-state index contributed by atoms with van der Waals surface area (Å²) < 4.78 is 10.3. The second-order valence-electron chi connectivity index (χ2n) is 5.03. The number of carbonyl (C=O) groups is 3. The summed E-state index contributed by atoms with van der Waals surface area (Å²) in [5.41, 5.74) is 1.34. The molecule has 0 saturated heterocycles. The van der Waals surface area contributed by atoms with Gasteiger partial charge in [0.05, 0.1) is 0 Å². The minimum atomic E-state index is -0.692. The molecule has 23 heavy (non-hydrogen) atoms. The Kier molecular flexibility index (Phi) is 4.95. The lowest BCUT2D eigenvalue weighted by molar-refractivity contribution is -0.123. The van der Waals surface area contributed by atoms with Crippen molar-refractivity contribution in [3.8, 4) is 0 Å².